The van der Waals surface area contributed by atoms with Crippen LogP contribution >= 0.6 is 0 Å². The molecule has 1 aromatic carbocycles. The van der Waals surface area contributed by atoms with E-state index >= 15 is 0 Å². The molecule has 0 aliphatic carbocycles. The number of aryl methyl sites for hydroxylation is 2. The lowest BCUT2D eigenvalue weighted by Crippen LogP contribution is -2.35. The Morgan fingerprint density at radius 1 is 1.20 bits per heavy atom. The summed E-state index contributed by atoms with van der Waals surface area (Å²) >= 11 is 0. The molecule has 0 saturated heterocycles. The van der Waals surface area contributed by atoms with Crippen molar-refractivity contribution in [3.8, 4) is 0 Å². The van der Waals surface area contributed by atoms with Crippen molar-refractivity contribution in [2.75, 3.05) is 5.32 Å². The van der Waals surface area contributed by atoms with Gasteiger partial charge in [0.25, 0.3) is 0 Å². The van der Waals surface area contributed by atoms with Crippen LogP contribution in [0.4, 0.5) is 5.69 Å². The summed E-state index contributed by atoms with van der Waals surface area (Å²) in [4.78, 5) is 27.4. The smallest absolute Gasteiger partial charge is 0.313 e. The first-order valence-corrected chi connectivity index (χ1v) is 8.19. The van der Waals surface area contributed by atoms with Crippen LogP contribution in [0.15, 0.2) is 30.3 Å². The lowest BCUT2D eigenvalue weighted by molar-refractivity contribution is -0.136. The number of para-hydroxylation sites is 1. The lowest BCUT2D eigenvalue weighted by Gasteiger charge is -2.06. The standard InChI is InChI=1S/C18H21N5O2/c1-4-23-12(3)16(11(2)22-23)21-18(25)17(24)19-10-14-9-13-7-5-6-8-15(13)20-14/h5-9,20H,4,10H2,1-3H3,(H,19,24)(H,21,25). The number of hydrogen-bond acceptors (Lipinski definition) is 3. The number of aromatic amines is 1. The van der Waals surface area contributed by atoms with Gasteiger partial charge in [-0.25, -0.2) is 0 Å². The second kappa shape index (κ2) is 6.80. The first kappa shape index (κ1) is 16.8. The van der Waals surface area contributed by atoms with E-state index in [0.29, 0.717) is 17.9 Å². The molecule has 2 amide bonds. The summed E-state index contributed by atoms with van der Waals surface area (Å²) in [5.74, 6) is -1.38. The Hall–Kier alpha value is -3.09. The largest absolute Gasteiger partial charge is 0.357 e. The van der Waals surface area contributed by atoms with Crippen molar-refractivity contribution in [3.05, 3.63) is 47.4 Å². The molecular weight excluding hydrogens is 318 g/mol. The second-order valence-corrected chi connectivity index (χ2v) is 5.88. The molecule has 0 saturated carbocycles. The molecule has 25 heavy (non-hydrogen) atoms. The monoisotopic (exact) mass is 339 g/mol. The van der Waals surface area contributed by atoms with Crippen LogP contribution in [0.2, 0.25) is 0 Å². The number of benzene rings is 1. The number of hydrogen-bond donors (Lipinski definition) is 3. The number of aromatic nitrogens is 3. The molecule has 7 nitrogen and oxygen atoms in total. The van der Waals surface area contributed by atoms with E-state index in [1.165, 1.54) is 0 Å². The number of carbonyl (C=O) groups is 2. The van der Waals surface area contributed by atoms with Gasteiger partial charge >= 0.3 is 11.8 Å². The van der Waals surface area contributed by atoms with Gasteiger partial charge < -0.3 is 15.6 Å². The highest BCUT2D eigenvalue weighted by atomic mass is 16.2. The molecule has 3 aromatic rings. The molecule has 7 heteroatoms. The third-order valence-corrected chi connectivity index (χ3v) is 4.15. The van der Waals surface area contributed by atoms with Gasteiger partial charge in [0.05, 0.1) is 23.6 Å². The molecule has 0 fully saturated rings. The average Bonchev–Trinajstić information content (AvgIpc) is 3.14. The van der Waals surface area contributed by atoms with E-state index in [2.05, 4.69) is 20.7 Å². The number of nitrogens with one attached hydrogen (secondary N) is 3. The number of amides is 2. The Kier molecular flexibility index (Phi) is 4.56. The molecule has 0 radical (unpaired) electrons. The molecule has 2 heterocycles. The van der Waals surface area contributed by atoms with E-state index in [1.54, 1.807) is 11.6 Å². The Morgan fingerprint density at radius 3 is 2.64 bits per heavy atom. The topological polar surface area (TPSA) is 91.8 Å². The highest BCUT2D eigenvalue weighted by molar-refractivity contribution is 6.39. The summed E-state index contributed by atoms with van der Waals surface area (Å²) in [6, 6.07) is 9.79. The van der Waals surface area contributed by atoms with Gasteiger partial charge in [0.15, 0.2) is 0 Å². The van der Waals surface area contributed by atoms with Crippen molar-refractivity contribution in [2.24, 2.45) is 0 Å². The van der Waals surface area contributed by atoms with E-state index in [4.69, 9.17) is 0 Å². The SMILES string of the molecule is CCn1nc(C)c(NC(=O)C(=O)NCc2cc3ccccc3[nH]2)c1C. The lowest BCUT2D eigenvalue weighted by atomic mass is 10.2. The number of fused-ring (bicyclic) bond motifs is 1. The summed E-state index contributed by atoms with van der Waals surface area (Å²) in [6.07, 6.45) is 0. The summed E-state index contributed by atoms with van der Waals surface area (Å²) in [5, 5.41) is 10.7. The van der Waals surface area contributed by atoms with Crippen LogP contribution < -0.4 is 10.6 Å². The number of rotatable bonds is 4. The van der Waals surface area contributed by atoms with Crippen molar-refractivity contribution in [2.45, 2.75) is 33.9 Å². The minimum Gasteiger partial charge on any atom is -0.357 e. The van der Waals surface area contributed by atoms with E-state index in [-0.39, 0.29) is 6.54 Å². The van der Waals surface area contributed by atoms with Crippen molar-refractivity contribution >= 4 is 28.4 Å². The molecule has 0 aliphatic heterocycles. The zero-order valence-electron chi connectivity index (χ0n) is 14.5. The van der Waals surface area contributed by atoms with Gasteiger partial charge in [0.1, 0.15) is 0 Å². The normalized spacial score (nSPS) is 10.8. The highest BCUT2D eigenvalue weighted by Crippen LogP contribution is 2.19. The molecule has 0 unspecified atom stereocenters. The zero-order valence-corrected chi connectivity index (χ0v) is 14.5. The van der Waals surface area contributed by atoms with E-state index in [0.717, 1.165) is 22.3 Å². The van der Waals surface area contributed by atoms with Crippen molar-refractivity contribution in [1.29, 1.82) is 0 Å². The van der Waals surface area contributed by atoms with Crippen LogP contribution in [0.1, 0.15) is 24.0 Å². The summed E-state index contributed by atoms with van der Waals surface area (Å²) in [5.41, 5.74) is 3.95. The zero-order chi connectivity index (χ0) is 18.0. The first-order chi connectivity index (χ1) is 12.0. The molecule has 2 aromatic heterocycles. The van der Waals surface area contributed by atoms with E-state index in [1.807, 2.05) is 44.2 Å². The molecule has 3 N–H and O–H groups in total. The number of H-pyrrole nitrogens is 1. The Bertz CT molecular complexity index is 905. The molecule has 0 atom stereocenters. The van der Waals surface area contributed by atoms with Crippen molar-refractivity contribution in [1.82, 2.24) is 20.1 Å². The van der Waals surface area contributed by atoms with Gasteiger partial charge in [0, 0.05) is 17.8 Å². The number of nitrogens with zero attached hydrogens (tertiary/aromatic N) is 2. The van der Waals surface area contributed by atoms with Crippen LogP contribution in [0.5, 0.6) is 0 Å². The van der Waals surface area contributed by atoms with Crippen molar-refractivity contribution in [3.63, 3.8) is 0 Å². The third kappa shape index (κ3) is 3.40. The molecule has 0 bridgehead atoms. The maximum Gasteiger partial charge on any atom is 0.313 e. The van der Waals surface area contributed by atoms with E-state index < -0.39 is 11.8 Å². The number of anilines is 1. The summed E-state index contributed by atoms with van der Waals surface area (Å²) in [7, 11) is 0. The van der Waals surface area contributed by atoms with E-state index in [9.17, 15) is 9.59 Å². The van der Waals surface area contributed by atoms with Crippen LogP contribution in [0, 0.1) is 13.8 Å². The highest BCUT2D eigenvalue weighted by Gasteiger charge is 2.18. The van der Waals surface area contributed by atoms with Crippen LogP contribution in [-0.4, -0.2) is 26.6 Å². The molecule has 0 aliphatic rings. The first-order valence-electron chi connectivity index (χ1n) is 8.19. The Balaban J connectivity index is 1.63. The third-order valence-electron chi connectivity index (χ3n) is 4.15. The minimum absolute atomic E-state index is 0.257. The van der Waals surface area contributed by atoms with Gasteiger partial charge in [0.2, 0.25) is 0 Å². The fourth-order valence-electron chi connectivity index (χ4n) is 2.84. The van der Waals surface area contributed by atoms with Crippen LogP contribution in [0.3, 0.4) is 0 Å². The number of carbonyl (C=O) groups excluding carboxylic acids is 2. The Morgan fingerprint density at radius 2 is 1.96 bits per heavy atom. The van der Waals surface area contributed by atoms with Crippen LogP contribution in [0.25, 0.3) is 10.9 Å². The average molecular weight is 339 g/mol. The molecule has 0 spiro atoms. The molecular formula is C18H21N5O2. The fraction of sp³-hybridized carbons (Fsp3) is 0.278. The molecule has 3 rings (SSSR count). The van der Waals surface area contributed by atoms with Gasteiger partial charge in [-0.3, -0.25) is 14.3 Å². The minimum atomic E-state index is -0.696. The summed E-state index contributed by atoms with van der Waals surface area (Å²) < 4.78 is 1.79. The maximum atomic E-state index is 12.1. The van der Waals surface area contributed by atoms with Gasteiger partial charge in [-0.1, -0.05) is 18.2 Å². The predicted molar refractivity (Wildman–Crippen MR) is 96.2 cm³/mol. The van der Waals surface area contributed by atoms with Gasteiger partial charge in [-0.15, -0.1) is 0 Å². The quantitative estimate of drug-likeness (QED) is 0.637. The van der Waals surface area contributed by atoms with Gasteiger partial charge in [-0.2, -0.15) is 5.10 Å². The van der Waals surface area contributed by atoms with Crippen molar-refractivity contribution < 1.29 is 9.59 Å². The Labute approximate surface area is 145 Å². The summed E-state index contributed by atoms with van der Waals surface area (Å²) in [6.45, 7) is 6.60. The molecule has 130 valence electrons. The maximum absolute atomic E-state index is 12.1. The predicted octanol–water partition coefficient (Wildman–Crippen LogP) is 2.26. The van der Waals surface area contributed by atoms with Gasteiger partial charge in [-0.05, 0) is 38.3 Å². The second-order valence-electron chi connectivity index (χ2n) is 5.88. The fourth-order valence-corrected chi connectivity index (χ4v) is 2.84. The van der Waals surface area contributed by atoms with Crippen LogP contribution in [-0.2, 0) is 22.7 Å².